The van der Waals surface area contributed by atoms with E-state index in [0.29, 0.717) is 18.5 Å². The molecule has 0 saturated carbocycles. The van der Waals surface area contributed by atoms with Crippen LogP contribution in [0.3, 0.4) is 0 Å². The fourth-order valence-corrected chi connectivity index (χ4v) is 3.39. The van der Waals surface area contributed by atoms with Gasteiger partial charge in [0, 0.05) is 56.3 Å². The number of nitrogens with zero attached hydrogens (tertiary/aromatic N) is 2. The van der Waals surface area contributed by atoms with Crippen LogP contribution in [0.15, 0.2) is 48.5 Å². The molecule has 1 unspecified atom stereocenters. The minimum atomic E-state index is -0.480. The molecule has 1 N–H and O–H groups in total. The van der Waals surface area contributed by atoms with E-state index in [4.69, 9.17) is 0 Å². The zero-order valence-electron chi connectivity index (χ0n) is 14.9. The Hall–Kier alpha value is -2.64. The molecule has 2 aromatic carbocycles. The van der Waals surface area contributed by atoms with Crippen LogP contribution in [0.25, 0.3) is 0 Å². The summed E-state index contributed by atoms with van der Waals surface area (Å²) in [6, 6.07) is 12.5. The topological polar surface area (TPSA) is 75.5 Å². The van der Waals surface area contributed by atoms with Crippen molar-refractivity contribution < 1.29 is 14.1 Å². The highest BCUT2D eigenvalue weighted by Gasteiger charge is 2.23. The molecule has 0 aliphatic carbocycles. The van der Waals surface area contributed by atoms with Crippen molar-refractivity contribution in [2.75, 3.05) is 26.2 Å². The third kappa shape index (κ3) is 5.18. The highest BCUT2D eigenvalue weighted by atomic mass is 19.1. The predicted molar refractivity (Wildman–Crippen MR) is 100 cm³/mol. The quantitative estimate of drug-likeness (QED) is 0.460. The summed E-state index contributed by atoms with van der Waals surface area (Å²) in [5.41, 5.74) is 1.40. The van der Waals surface area contributed by atoms with Gasteiger partial charge in [-0.05, 0) is 36.2 Å². The molecule has 7 heteroatoms. The van der Waals surface area contributed by atoms with Gasteiger partial charge < -0.3 is 5.32 Å². The summed E-state index contributed by atoms with van der Waals surface area (Å²) in [6.45, 7) is 3.08. The van der Waals surface area contributed by atoms with E-state index in [-0.39, 0.29) is 23.3 Å². The first-order valence-electron chi connectivity index (χ1n) is 9.00. The second-order valence-electron chi connectivity index (χ2n) is 6.71. The number of carbonyl (C=O) groups is 1. The van der Waals surface area contributed by atoms with Crippen molar-refractivity contribution in [3.8, 4) is 0 Å². The Morgan fingerprint density at radius 2 is 2.04 bits per heavy atom. The van der Waals surface area contributed by atoms with E-state index in [0.717, 1.165) is 31.6 Å². The largest absolute Gasteiger partial charge is 0.314 e. The van der Waals surface area contributed by atoms with Crippen LogP contribution in [0.2, 0.25) is 0 Å². The zero-order valence-corrected chi connectivity index (χ0v) is 14.9. The highest BCUT2D eigenvalue weighted by molar-refractivity contribution is 5.96. The molecule has 1 fully saturated rings. The molecule has 0 spiro atoms. The molecular weight excluding hydrogens is 349 g/mol. The summed E-state index contributed by atoms with van der Waals surface area (Å²) < 4.78 is 13.4. The molecule has 3 rings (SSSR count). The molecule has 1 saturated heterocycles. The van der Waals surface area contributed by atoms with Gasteiger partial charge in [0.05, 0.1) is 4.92 Å². The van der Waals surface area contributed by atoms with Crippen molar-refractivity contribution in [2.24, 2.45) is 0 Å². The van der Waals surface area contributed by atoms with Crippen LogP contribution in [0.1, 0.15) is 22.3 Å². The monoisotopic (exact) mass is 371 g/mol. The molecule has 0 amide bonds. The molecule has 27 heavy (non-hydrogen) atoms. The van der Waals surface area contributed by atoms with Crippen LogP contribution >= 0.6 is 0 Å². The van der Waals surface area contributed by atoms with Gasteiger partial charge in [0.2, 0.25) is 0 Å². The zero-order chi connectivity index (χ0) is 19.2. The SMILES string of the molecule is O=C(CCN1CCNCC1Cc1cccc(F)c1)c1ccc([N+](=O)[O-])cc1. The highest BCUT2D eigenvalue weighted by Crippen LogP contribution is 2.16. The first-order valence-corrected chi connectivity index (χ1v) is 9.00. The average molecular weight is 371 g/mol. The third-order valence-electron chi connectivity index (χ3n) is 4.86. The number of nitro benzene ring substituents is 1. The maximum Gasteiger partial charge on any atom is 0.269 e. The second-order valence-corrected chi connectivity index (χ2v) is 6.71. The lowest BCUT2D eigenvalue weighted by molar-refractivity contribution is -0.384. The number of Topliss-reactive ketones (excluding diaryl/α,β-unsaturated/α-hetero) is 1. The van der Waals surface area contributed by atoms with E-state index in [1.807, 2.05) is 6.07 Å². The van der Waals surface area contributed by atoms with E-state index in [9.17, 15) is 19.3 Å². The number of benzene rings is 2. The molecule has 6 nitrogen and oxygen atoms in total. The van der Waals surface area contributed by atoms with Crippen molar-refractivity contribution in [1.29, 1.82) is 0 Å². The molecule has 0 radical (unpaired) electrons. The fraction of sp³-hybridized carbons (Fsp3) is 0.350. The Bertz CT molecular complexity index is 810. The predicted octanol–water partition coefficient (Wildman–Crippen LogP) is 2.82. The molecule has 142 valence electrons. The number of piperazine rings is 1. The number of nitrogens with one attached hydrogen (secondary N) is 1. The normalized spacial score (nSPS) is 17.6. The smallest absolute Gasteiger partial charge is 0.269 e. The number of hydrogen-bond donors (Lipinski definition) is 1. The van der Waals surface area contributed by atoms with Gasteiger partial charge >= 0.3 is 0 Å². The van der Waals surface area contributed by atoms with Crippen LogP contribution < -0.4 is 5.32 Å². The second kappa shape index (κ2) is 8.83. The lowest BCUT2D eigenvalue weighted by Gasteiger charge is -2.36. The van der Waals surface area contributed by atoms with Crippen LogP contribution in [0.5, 0.6) is 0 Å². The number of nitro groups is 1. The van der Waals surface area contributed by atoms with E-state index < -0.39 is 4.92 Å². The molecule has 0 bridgehead atoms. The summed E-state index contributed by atoms with van der Waals surface area (Å²) in [7, 11) is 0. The Labute approximate surface area is 157 Å². The Balaban J connectivity index is 1.59. The minimum Gasteiger partial charge on any atom is -0.314 e. The summed E-state index contributed by atoms with van der Waals surface area (Å²) in [4.78, 5) is 24.9. The van der Waals surface area contributed by atoms with Gasteiger partial charge in [-0.25, -0.2) is 4.39 Å². The van der Waals surface area contributed by atoms with Crippen molar-refractivity contribution in [3.05, 3.63) is 75.6 Å². The molecule has 1 aliphatic rings. The summed E-state index contributed by atoms with van der Waals surface area (Å²) in [5.74, 6) is -0.274. The first-order chi connectivity index (χ1) is 13.0. The molecular formula is C20H22FN3O3. The third-order valence-corrected chi connectivity index (χ3v) is 4.86. The molecule has 2 aromatic rings. The van der Waals surface area contributed by atoms with Crippen LogP contribution in [0, 0.1) is 15.9 Å². The van der Waals surface area contributed by atoms with Gasteiger partial charge in [0.15, 0.2) is 5.78 Å². The number of hydrogen-bond acceptors (Lipinski definition) is 5. The molecule has 1 heterocycles. The summed E-state index contributed by atoms with van der Waals surface area (Å²) >= 11 is 0. The van der Waals surface area contributed by atoms with Gasteiger partial charge in [-0.2, -0.15) is 0 Å². The maximum atomic E-state index is 13.4. The molecule has 1 atom stereocenters. The molecule has 0 aromatic heterocycles. The lowest BCUT2D eigenvalue weighted by Crippen LogP contribution is -2.52. The van der Waals surface area contributed by atoms with E-state index in [1.54, 1.807) is 12.1 Å². The van der Waals surface area contributed by atoms with Crippen LogP contribution in [-0.4, -0.2) is 47.8 Å². The van der Waals surface area contributed by atoms with Gasteiger partial charge in [-0.15, -0.1) is 0 Å². The van der Waals surface area contributed by atoms with Gasteiger partial charge in [0.25, 0.3) is 5.69 Å². The fourth-order valence-electron chi connectivity index (χ4n) is 3.39. The first kappa shape index (κ1) is 19.1. The van der Waals surface area contributed by atoms with Crippen LogP contribution in [-0.2, 0) is 6.42 Å². The Morgan fingerprint density at radius 3 is 2.74 bits per heavy atom. The summed E-state index contributed by atoms with van der Waals surface area (Å²) in [6.07, 6.45) is 1.06. The maximum absolute atomic E-state index is 13.4. The Kier molecular flexibility index (Phi) is 6.26. The molecule has 1 aliphatic heterocycles. The number of carbonyl (C=O) groups excluding carboxylic acids is 1. The van der Waals surface area contributed by atoms with Crippen molar-refractivity contribution >= 4 is 11.5 Å². The number of ketones is 1. The lowest BCUT2D eigenvalue weighted by atomic mass is 10.0. The van der Waals surface area contributed by atoms with Gasteiger partial charge in [-0.3, -0.25) is 19.8 Å². The van der Waals surface area contributed by atoms with Crippen molar-refractivity contribution in [2.45, 2.75) is 18.9 Å². The van der Waals surface area contributed by atoms with Crippen LogP contribution in [0.4, 0.5) is 10.1 Å². The van der Waals surface area contributed by atoms with Crippen molar-refractivity contribution in [1.82, 2.24) is 10.2 Å². The van der Waals surface area contributed by atoms with Crippen molar-refractivity contribution in [3.63, 3.8) is 0 Å². The average Bonchev–Trinajstić information content (AvgIpc) is 2.67. The standard InChI is InChI=1S/C20H22FN3O3/c21-17-3-1-2-15(12-17)13-19-14-22-9-11-23(19)10-8-20(25)16-4-6-18(7-5-16)24(26)27/h1-7,12,19,22H,8-11,13-14H2. The number of halogens is 1. The Morgan fingerprint density at radius 1 is 1.26 bits per heavy atom. The van der Waals surface area contributed by atoms with E-state index >= 15 is 0 Å². The van der Waals surface area contributed by atoms with E-state index in [2.05, 4.69) is 10.2 Å². The number of non-ortho nitro benzene ring substituents is 1. The van der Waals surface area contributed by atoms with Gasteiger partial charge in [0.1, 0.15) is 5.82 Å². The van der Waals surface area contributed by atoms with Gasteiger partial charge in [-0.1, -0.05) is 12.1 Å². The summed E-state index contributed by atoms with van der Waals surface area (Å²) in [5, 5.41) is 14.1. The minimum absolute atomic E-state index is 0.0242. The number of rotatable bonds is 7. The van der Waals surface area contributed by atoms with E-state index in [1.165, 1.54) is 30.3 Å².